The Morgan fingerprint density at radius 1 is 1.50 bits per heavy atom. The zero-order valence-electron chi connectivity index (χ0n) is 12.6. The molecule has 1 heterocycles. The molecular formula is C17H26N2O. The van der Waals surface area contributed by atoms with E-state index in [1.807, 2.05) is 0 Å². The third kappa shape index (κ3) is 4.64. The van der Waals surface area contributed by atoms with Crippen LogP contribution in [0, 0.1) is 12.8 Å². The van der Waals surface area contributed by atoms with Crippen molar-refractivity contribution in [2.45, 2.75) is 39.0 Å². The number of hydrogen-bond acceptors (Lipinski definition) is 2. The Labute approximate surface area is 122 Å². The summed E-state index contributed by atoms with van der Waals surface area (Å²) in [6.45, 7) is 7.18. The fraction of sp³-hybridized carbons (Fsp3) is 0.588. The van der Waals surface area contributed by atoms with Gasteiger partial charge >= 0.3 is 0 Å². The van der Waals surface area contributed by atoms with E-state index < -0.39 is 0 Å². The molecule has 110 valence electrons. The maximum absolute atomic E-state index is 11.9. The van der Waals surface area contributed by atoms with E-state index in [1.165, 1.54) is 17.5 Å². The van der Waals surface area contributed by atoms with Crippen LogP contribution in [0.3, 0.4) is 0 Å². The predicted octanol–water partition coefficient (Wildman–Crippen LogP) is 2.60. The lowest BCUT2D eigenvalue weighted by molar-refractivity contribution is -0.121. The maximum Gasteiger partial charge on any atom is 0.220 e. The molecular weight excluding hydrogens is 248 g/mol. The van der Waals surface area contributed by atoms with Gasteiger partial charge in [0.05, 0.1) is 0 Å². The zero-order chi connectivity index (χ0) is 14.4. The van der Waals surface area contributed by atoms with Crippen molar-refractivity contribution in [3.63, 3.8) is 0 Å². The second-order valence-corrected chi connectivity index (χ2v) is 6.02. The molecule has 20 heavy (non-hydrogen) atoms. The molecule has 1 aromatic carbocycles. The first-order valence-corrected chi connectivity index (χ1v) is 7.69. The second kappa shape index (κ2) is 7.44. The summed E-state index contributed by atoms with van der Waals surface area (Å²) in [6, 6.07) is 8.51. The number of carbonyl (C=O) groups excluding carboxylic acids is 1. The lowest BCUT2D eigenvalue weighted by Crippen LogP contribution is -2.27. The first kappa shape index (κ1) is 15.0. The Kier molecular flexibility index (Phi) is 5.60. The monoisotopic (exact) mass is 274 g/mol. The summed E-state index contributed by atoms with van der Waals surface area (Å²) in [5, 5.41) is 6.41. The van der Waals surface area contributed by atoms with E-state index in [9.17, 15) is 4.79 Å². The first-order chi connectivity index (χ1) is 9.65. The average molecular weight is 274 g/mol. The van der Waals surface area contributed by atoms with E-state index in [0.717, 1.165) is 26.1 Å². The number of nitrogens with one attached hydrogen (secondary N) is 2. The minimum absolute atomic E-state index is 0.191. The molecule has 1 saturated heterocycles. The van der Waals surface area contributed by atoms with E-state index in [2.05, 4.69) is 48.7 Å². The van der Waals surface area contributed by atoms with Crippen LogP contribution in [0.4, 0.5) is 0 Å². The molecule has 0 spiro atoms. The fourth-order valence-electron chi connectivity index (χ4n) is 2.75. The van der Waals surface area contributed by atoms with Crippen molar-refractivity contribution in [1.82, 2.24) is 10.6 Å². The molecule has 2 atom stereocenters. The molecule has 2 unspecified atom stereocenters. The molecule has 3 nitrogen and oxygen atoms in total. The van der Waals surface area contributed by atoms with Gasteiger partial charge in [0.15, 0.2) is 0 Å². The van der Waals surface area contributed by atoms with Crippen molar-refractivity contribution in [3.8, 4) is 0 Å². The summed E-state index contributed by atoms with van der Waals surface area (Å²) in [6.07, 6.45) is 2.89. The van der Waals surface area contributed by atoms with Crippen LogP contribution in [0.25, 0.3) is 0 Å². The van der Waals surface area contributed by atoms with Gasteiger partial charge in [-0.1, -0.05) is 36.8 Å². The van der Waals surface area contributed by atoms with Crippen LogP contribution < -0.4 is 10.6 Å². The summed E-state index contributed by atoms with van der Waals surface area (Å²) in [4.78, 5) is 11.9. The molecule has 3 heteroatoms. The maximum atomic E-state index is 11.9. The van der Waals surface area contributed by atoms with E-state index in [4.69, 9.17) is 0 Å². The van der Waals surface area contributed by atoms with Gasteiger partial charge in [-0.05, 0) is 50.3 Å². The van der Waals surface area contributed by atoms with Crippen LogP contribution in [0.1, 0.15) is 43.2 Å². The highest BCUT2D eigenvalue weighted by atomic mass is 16.1. The Bertz CT molecular complexity index is 438. The summed E-state index contributed by atoms with van der Waals surface area (Å²) < 4.78 is 0. The Balaban J connectivity index is 1.69. The van der Waals surface area contributed by atoms with Gasteiger partial charge in [-0.3, -0.25) is 4.79 Å². The minimum atomic E-state index is 0.191. The van der Waals surface area contributed by atoms with Crippen LogP contribution >= 0.6 is 0 Å². The SMILES string of the molecule is Cc1cccc(C(C)CNC(=O)CCC2CCNC2)c1. The van der Waals surface area contributed by atoms with Gasteiger partial charge in [-0.15, -0.1) is 0 Å². The summed E-state index contributed by atoms with van der Waals surface area (Å²) in [5.41, 5.74) is 2.57. The Morgan fingerprint density at radius 2 is 2.35 bits per heavy atom. The molecule has 0 aromatic heterocycles. The van der Waals surface area contributed by atoms with Crippen molar-refractivity contribution in [2.24, 2.45) is 5.92 Å². The molecule has 2 rings (SSSR count). The van der Waals surface area contributed by atoms with Crippen molar-refractivity contribution in [3.05, 3.63) is 35.4 Å². The first-order valence-electron chi connectivity index (χ1n) is 7.69. The third-order valence-electron chi connectivity index (χ3n) is 4.16. The lowest BCUT2D eigenvalue weighted by Gasteiger charge is -2.14. The average Bonchev–Trinajstić information content (AvgIpc) is 2.95. The van der Waals surface area contributed by atoms with Gasteiger partial charge in [-0.2, -0.15) is 0 Å². The minimum Gasteiger partial charge on any atom is -0.356 e. The predicted molar refractivity (Wildman–Crippen MR) is 82.8 cm³/mol. The molecule has 1 amide bonds. The quantitative estimate of drug-likeness (QED) is 0.837. The molecule has 0 bridgehead atoms. The van der Waals surface area contributed by atoms with E-state index in [0.29, 0.717) is 18.3 Å². The van der Waals surface area contributed by atoms with Gasteiger partial charge < -0.3 is 10.6 Å². The van der Waals surface area contributed by atoms with Gasteiger partial charge in [0, 0.05) is 13.0 Å². The van der Waals surface area contributed by atoms with Crippen molar-refractivity contribution in [1.29, 1.82) is 0 Å². The van der Waals surface area contributed by atoms with Crippen molar-refractivity contribution >= 4 is 5.91 Å². The van der Waals surface area contributed by atoms with Gasteiger partial charge in [0.1, 0.15) is 0 Å². The van der Waals surface area contributed by atoms with Gasteiger partial charge in [0.25, 0.3) is 0 Å². The highest BCUT2D eigenvalue weighted by Crippen LogP contribution is 2.16. The number of carbonyl (C=O) groups is 1. The standard InChI is InChI=1S/C17H26N2O/c1-13-4-3-5-16(10-13)14(2)11-19-17(20)7-6-15-8-9-18-12-15/h3-5,10,14-15,18H,6-9,11-12H2,1-2H3,(H,19,20). The molecule has 0 radical (unpaired) electrons. The van der Waals surface area contributed by atoms with Crippen LogP contribution in [-0.2, 0) is 4.79 Å². The van der Waals surface area contributed by atoms with E-state index in [1.54, 1.807) is 0 Å². The molecule has 0 saturated carbocycles. The van der Waals surface area contributed by atoms with Crippen molar-refractivity contribution < 1.29 is 4.79 Å². The lowest BCUT2D eigenvalue weighted by atomic mass is 9.99. The van der Waals surface area contributed by atoms with E-state index >= 15 is 0 Å². The smallest absolute Gasteiger partial charge is 0.220 e. The second-order valence-electron chi connectivity index (χ2n) is 6.02. The van der Waals surface area contributed by atoms with Crippen LogP contribution in [-0.4, -0.2) is 25.5 Å². The number of hydrogen-bond donors (Lipinski definition) is 2. The number of amides is 1. The summed E-state index contributed by atoms with van der Waals surface area (Å²) >= 11 is 0. The number of aryl methyl sites for hydroxylation is 1. The zero-order valence-corrected chi connectivity index (χ0v) is 12.6. The molecule has 2 N–H and O–H groups in total. The largest absolute Gasteiger partial charge is 0.356 e. The van der Waals surface area contributed by atoms with Crippen molar-refractivity contribution in [2.75, 3.05) is 19.6 Å². The van der Waals surface area contributed by atoms with Gasteiger partial charge in [0.2, 0.25) is 5.91 Å². The van der Waals surface area contributed by atoms with Crippen LogP contribution in [0.5, 0.6) is 0 Å². The van der Waals surface area contributed by atoms with Gasteiger partial charge in [-0.25, -0.2) is 0 Å². The highest BCUT2D eigenvalue weighted by molar-refractivity contribution is 5.75. The molecule has 1 aliphatic heterocycles. The molecule has 1 fully saturated rings. The normalized spacial score (nSPS) is 19.8. The summed E-state index contributed by atoms with van der Waals surface area (Å²) in [7, 11) is 0. The Hall–Kier alpha value is -1.35. The fourth-order valence-corrected chi connectivity index (χ4v) is 2.75. The number of benzene rings is 1. The van der Waals surface area contributed by atoms with Crippen LogP contribution in [0.15, 0.2) is 24.3 Å². The molecule has 1 aliphatic rings. The van der Waals surface area contributed by atoms with Crippen LogP contribution in [0.2, 0.25) is 0 Å². The summed E-state index contributed by atoms with van der Waals surface area (Å²) in [5.74, 6) is 1.25. The Morgan fingerprint density at radius 3 is 3.05 bits per heavy atom. The molecule has 1 aromatic rings. The topological polar surface area (TPSA) is 41.1 Å². The molecule has 0 aliphatic carbocycles. The highest BCUT2D eigenvalue weighted by Gasteiger charge is 2.16. The van der Waals surface area contributed by atoms with E-state index in [-0.39, 0.29) is 5.91 Å². The number of rotatable bonds is 6. The third-order valence-corrected chi connectivity index (χ3v) is 4.16.